The molecule has 0 saturated carbocycles. The Morgan fingerprint density at radius 1 is 0.791 bits per heavy atom. The smallest absolute Gasteiger partial charge is 0.264 e. The molecule has 224 valence electrons. The van der Waals surface area contributed by atoms with E-state index >= 15 is 0 Å². The van der Waals surface area contributed by atoms with E-state index in [1.54, 1.807) is 66.7 Å². The van der Waals surface area contributed by atoms with Crippen molar-refractivity contribution in [2.24, 2.45) is 0 Å². The van der Waals surface area contributed by atoms with Crippen molar-refractivity contribution in [1.29, 1.82) is 0 Å². The molecule has 0 fully saturated rings. The molecule has 4 rings (SSSR count). The van der Waals surface area contributed by atoms with Gasteiger partial charge in [0.15, 0.2) is 0 Å². The Hall–Kier alpha value is -3.85. The van der Waals surface area contributed by atoms with Crippen LogP contribution in [-0.2, 0) is 32.6 Å². The fraction of sp³-hybridized carbons (Fsp3) is 0.212. The summed E-state index contributed by atoms with van der Waals surface area (Å²) in [7, 11) is -4.23. The van der Waals surface area contributed by atoms with Crippen LogP contribution >= 0.6 is 23.2 Å². The predicted molar refractivity (Wildman–Crippen MR) is 172 cm³/mol. The van der Waals surface area contributed by atoms with Crippen LogP contribution in [-0.4, -0.2) is 43.8 Å². The standard InChI is InChI=1S/C33H33Cl2N3O4S/c1-24(2)36-33(40)31(21-25-12-5-3-6-13-25)37(22-26-14-11-15-27(34)20-26)32(39)23-38(30-19-10-9-18-29(30)35)43(41,42)28-16-7-4-8-17-28/h3-20,24,31H,21-23H2,1-2H3,(H,36,40)/t31-/m1/s1. The van der Waals surface area contributed by atoms with Crippen molar-refractivity contribution < 1.29 is 18.0 Å². The van der Waals surface area contributed by atoms with Crippen LogP contribution < -0.4 is 9.62 Å². The van der Waals surface area contributed by atoms with Gasteiger partial charge in [0.1, 0.15) is 12.6 Å². The molecular weight excluding hydrogens is 605 g/mol. The fourth-order valence-corrected chi connectivity index (χ4v) is 6.61. The zero-order chi connectivity index (χ0) is 31.0. The lowest BCUT2D eigenvalue weighted by Crippen LogP contribution is -2.54. The van der Waals surface area contributed by atoms with Crippen molar-refractivity contribution in [1.82, 2.24) is 10.2 Å². The molecule has 4 aromatic rings. The van der Waals surface area contributed by atoms with Crippen LogP contribution in [0.3, 0.4) is 0 Å². The van der Waals surface area contributed by atoms with Crippen molar-refractivity contribution in [2.75, 3.05) is 10.8 Å². The van der Waals surface area contributed by atoms with Gasteiger partial charge in [0, 0.05) is 24.0 Å². The zero-order valence-electron chi connectivity index (χ0n) is 23.9. The number of hydrogen-bond donors (Lipinski definition) is 1. The molecule has 0 spiro atoms. The first-order chi connectivity index (χ1) is 20.6. The van der Waals surface area contributed by atoms with Crippen molar-refractivity contribution in [3.63, 3.8) is 0 Å². The van der Waals surface area contributed by atoms with E-state index in [4.69, 9.17) is 23.2 Å². The third kappa shape index (κ3) is 8.38. The monoisotopic (exact) mass is 637 g/mol. The van der Waals surface area contributed by atoms with Crippen LogP contribution in [0.15, 0.2) is 114 Å². The van der Waals surface area contributed by atoms with Crippen LogP contribution in [0.5, 0.6) is 0 Å². The summed E-state index contributed by atoms with van der Waals surface area (Å²) in [6.07, 6.45) is 0.212. The third-order valence-corrected chi connectivity index (χ3v) is 9.00. The van der Waals surface area contributed by atoms with Crippen molar-refractivity contribution in [3.8, 4) is 0 Å². The summed E-state index contributed by atoms with van der Waals surface area (Å²) in [4.78, 5) is 29.5. The van der Waals surface area contributed by atoms with Gasteiger partial charge in [-0.2, -0.15) is 0 Å². The molecule has 1 N–H and O–H groups in total. The summed E-state index contributed by atoms with van der Waals surface area (Å²) >= 11 is 12.8. The number of para-hydroxylation sites is 1. The van der Waals surface area contributed by atoms with E-state index < -0.39 is 28.5 Å². The molecule has 43 heavy (non-hydrogen) atoms. The van der Waals surface area contributed by atoms with Crippen LogP contribution in [0, 0.1) is 0 Å². The Morgan fingerprint density at radius 3 is 2.02 bits per heavy atom. The number of nitrogens with one attached hydrogen (secondary N) is 1. The second kappa shape index (κ2) is 14.6. The van der Waals surface area contributed by atoms with E-state index in [0.29, 0.717) is 10.6 Å². The van der Waals surface area contributed by atoms with E-state index in [1.165, 1.54) is 17.0 Å². The number of nitrogens with zero attached hydrogens (tertiary/aromatic N) is 2. The van der Waals surface area contributed by atoms with Crippen LogP contribution in [0.2, 0.25) is 10.0 Å². The fourth-order valence-electron chi connectivity index (χ4n) is 4.65. The number of rotatable bonds is 12. The lowest BCUT2D eigenvalue weighted by Gasteiger charge is -2.34. The average molecular weight is 639 g/mol. The number of sulfonamides is 1. The van der Waals surface area contributed by atoms with Gasteiger partial charge in [-0.1, -0.05) is 96.0 Å². The molecule has 7 nitrogen and oxygen atoms in total. The highest BCUT2D eigenvalue weighted by molar-refractivity contribution is 7.92. The summed E-state index contributed by atoms with van der Waals surface area (Å²) in [5.74, 6) is -0.941. The summed E-state index contributed by atoms with van der Waals surface area (Å²) < 4.78 is 29.0. The molecule has 0 heterocycles. The molecule has 0 saturated heterocycles. The van der Waals surface area contributed by atoms with Crippen molar-refractivity contribution in [2.45, 2.75) is 43.8 Å². The number of benzene rings is 4. The number of hydrogen-bond acceptors (Lipinski definition) is 4. The molecule has 1 atom stereocenters. The third-order valence-electron chi connectivity index (χ3n) is 6.68. The van der Waals surface area contributed by atoms with E-state index in [0.717, 1.165) is 9.87 Å². The minimum atomic E-state index is -4.23. The first kappa shape index (κ1) is 32.1. The Kier molecular flexibility index (Phi) is 10.9. The molecule has 0 bridgehead atoms. The summed E-state index contributed by atoms with van der Waals surface area (Å²) in [6, 6.07) is 29.5. The average Bonchev–Trinajstić information content (AvgIpc) is 2.98. The molecule has 0 aliphatic rings. The lowest BCUT2D eigenvalue weighted by molar-refractivity contribution is -0.140. The normalized spacial score (nSPS) is 12.0. The lowest BCUT2D eigenvalue weighted by atomic mass is 10.0. The Labute approximate surface area is 263 Å². The molecule has 4 aromatic carbocycles. The number of carbonyl (C=O) groups excluding carboxylic acids is 2. The topological polar surface area (TPSA) is 86.8 Å². The summed E-state index contributed by atoms with van der Waals surface area (Å²) in [6.45, 7) is 3.10. The van der Waals surface area contributed by atoms with E-state index in [2.05, 4.69) is 5.32 Å². The van der Waals surface area contributed by atoms with E-state index in [-0.39, 0.29) is 40.5 Å². The maximum absolute atomic E-state index is 14.4. The van der Waals surface area contributed by atoms with Gasteiger partial charge in [-0.05, 0) is 61.4 Å². The number of amides is 2. The highest BCUT2D eigenvalue weighted by atomic mass is 35.5. The molecule has 0 unspecified atom stereocenters. The number of halogens is 2. The first-order valence-corrected chi connectivity index (χ1v) is 16.0. The number of carbonyl (C=O) groups is 2. The highest BCUT2D eigenvalue weighted by Gasteiger charge is 2.35. The molecule has 0 aliphatic heterocycles. The van der Waals surface area contributed by atoms with E-state index in [9.17, 15) is 18.0 Å². The molecule has 0 radical (unpaired) electrons. The van der Waals surface area contributed by atoms with Gasteiger partial charge < -0.3 is 10.2 Å². The highest BCUT2D eigenvalue weighted by Crippen LogP contribution is 2.31. The molecule has 2 amide bonds. The summed E-state index contributed by atoms with van der Waals surface area (Å²) in [5.41, 5.74) is 1.68. The van der Waals surface area contributed by atoms with Gasteiger partial charge in [-0.3, -0.25) is 13.9 Å². The Morgan fingerprint density at radius 2 is 1.40 bits per heavy atom. The minimum Gasteiger partial charge on any atom is -0.352 e. The van der Waals surface area contributed by atoms with Crippen LogP contribution in [0.1, 0.15) is 25.0 Å². The molecule has 0 aliphatic carbocycles. The van der Waals surface area contributed by atoms with Gasteiger partial charge in [0.25, 0.3) is 10.0 Å². The minimum absolute atomic E-state index is 0.00231. The van der Waals surface area contributed by atoms with Gasteiger partial charge >= 0.3 is 0 Å². The van der Waals surface area contributed by atoms with Crippen LogP contribution in [0.4, 0.5) is 5.69 Å². The van der Waals surface area contributed by atoms with Crippen molar-refractivity contribution >= 4 is 50.7 Å². The summed E-state index contributed by atoms with van der Waals surface area (Å²) in [5, 5.41) is 3.57. The van der Waals surface area contributed by atoms with Crippen molar-refractivity contribution in [3.05, 3.63) is 130 Å². The largest absolute Gasteiger partial charge is 0.352 e. The zero-order valence-corrected chi connectivity index (χ0v) is 26.2. The van der Waals surface area contributed by atoms with Gasteiger partial charge in [-0.15, -0.1) is 0 Å². The predicted octanol–water partition coefficient (Wildman–Crippen LogP) is 6.35. The first-order valence-electron chi connectivity index (χ1n) is 13.8. The maximum atomic E-state index is 14.4. The quantitative estimate of drug-likeness (QED) is 0.196. The second-order valence-electron chi connectivity index (χ2n) is 10.3. The Balaban J connectivity index is 1.81. The number of anilines is 1. The van der Waals surface area contributed by atoms with E-state index in [1.807, 2.05) is 44.2 Å². The SMILES string of the molecule is CC(C)NC(=O)[C@@H](Cc1ccccc1)N(Cc1cccc(Cl)c1)C(=O)CN(c1ccccc1Cl)S(=O)(=O)c1ccccc1. The molecular formula is C33H33Cl2N3O4S. The van der Waals surface area contributed by atoms with Crippen LogP contribution in [0.25, 0.3) is 0 Å². The Bertz CT molecular complexity index is 1650. The van der Waals surface area contributed by atoms with Gasteiger partial charge in [0.05, 0.1) is 15.6 Å². The molecule has 0 aromatic heterocycles. The second-order valence-corrected chi connectivity index (χ2v) is 13.0. The maximum Gasteiger partial charge on any atom is 0.264 e. The van der Waals surface area contributed by atoms with Gasteiger partial charge in [0.2, 0.25) is 11.8 Å². The van der Waals surface area contributed by atoms with Gasteiger partial charge in [-0.25, -0.2) is 8.42 Å². The molecule has 10 heteroatoms.